The summed E-state index contributed by atoms with van der Waals surface area (Å²) in [7, 11) is 2.08. The molecule has 1 heterocycles. The first-order valence-corrected chi connectivity index (χ1v) is 7.07. The van der Waals surface area contributed by atoms with E-state index in [0.717, 1.165) is 37.2 Å². The summed E-state index contributed by atoms with van der Waals surface area (Å²) in [6, 6.07) is 9.93. The van der Waals surface area contributed by atoms with Crippen LogP contribution in [0.2, 0.25) is 0 Å². The molecule has 0 spiro atoms. The van der Waals surface area contributed by atoms with Crippen molar-refractivity contribution in [1.82, 2.24) is 9.88 Å². The lowest BCUT2D eigenvalue weighted by Gasteiger charge is -2.34. The van der Waals surface area contributed by atoms with Crippen LogP contribution < -0.4 is 0 Å². The average molecular weight is 272 g/mol. The van der Waals surface area contributed by atoms with Crippen molar-refractivity contribution in [2.75, 3.05) is 13.6 Å². The van der Waals surface area contributed by atoms with Gasteiger partial charge in [0.1, 0.15) is 6.26 Å². The number of rotatable bonds is 5. The third-order valence-electron chi connectivity index (χ3n) is 3.79. The maximum Gasteiger partial charge on any atom is 0.226 e. The highest BCUT2D eigenvalue weighted by Gasteiger charge is 2.27. The molecular formula is C16H20N2O2. The molecule has 0 amide bonds. The molecule has 2 aromatic rings. The smallest absolute Gasteiger partial charge is 0.226 e. The van der Waals surface area contributed by atoms with Crippen LogP contribution in [0, 0.1) is 5.92 Å². The molecule has 1 N–H and O–H groups in total. The number of aliphatic hydroxyl groups excluding tert-OH is 1. The number of hydrogen-bond acceptors (Lipinski definition) is 4. The Kier molecular flexibility index (Phi) is 3.85. The van der Waals surface area contributed by atoms with E-state index in [-0.39, 0.29) is 6.10 Å². The number of hydrogen-bond donors (Lipinski definition) is 1. The molecule has 1 saturated carbocycles. The van der Waals surface area contributed by atoms with Crippen molar-refractivity contribution >= 4 is 0 Å². The Bertz CT molecular complexity index is 547. The Morgan fingerprint density at radius 1 is 1.30 bits per heavy atom. The molecule has 1 aromatic heterocycles. The summed E-state index contributed by atoms with van der Waals surface area (Å²) in [5, 5.41) is 9.30. The van der Waals surface area contributed by atoms with Crippen LogP contribution in [0.4, 0.5) is 0 Å². The number of benzene rings is 1. The molecule has 1 aliphatic rings. The van der Waals surface area contributed by atoms with Gasteiger partial charge in [0.05, 0.1) is 11.8 Å². The van der Waals surface area contributed by atoms with Crippen molar-refractivity contribution in [2.24, 2.45) is 5.92 Å². The normalized spacial score (nSPS) is 21.9. The molecule has 3 rings (SSSR count). The van der Waals surface area contributed by atoms with Crippen molar-refractivity contribution in [1.29, 1.82) is 0 Å². The van der Waals surface area contributed by atoms with Gasteiger partial charge in [0, 0.05) is 18.7 Å². The maximum absolute atomic E-state index is 9.30. The minimum atomic E-state index is -0.0786. The standard InChI is InChI=1S/C16H20N2O2/c1-18(9-12-7-15(19)8-12)10-14-11-20-16(17-14)13-5-3-2-4-6-13/h2-6,11-12,15,19H,7-10H2,1H3. The Morgan fingerprint density at radius 3 is 2.75 bits per heavy atom. The molecule has 0 atom stereocenters. The molecule has 0 unspecified atom stereocenters. The van der Waals surface area contributed by atoms with Crippen LogP contribution in [0.15, 0.2) is 41.0 Å². The molecule has 4 nitrogen and oxygen atoms in total. The van der Waals surface area contributed by atoms with Gasteiger partial charge in [0.15, 0.2) is 0 Å². The van der Waals surface area contributed by atoms with Crippen LogP contribution >= 0.6 is 0 Å². The van der Waals surface area contributed by atoms with Crippen molar-refractivity contribution in [2.45, 2.75) is 25.5 Å². The summed E-state index contributed by atoms with van der Waals surface area (Å²) in [5.74, 6) is 1.29. The predicted octanol–water partition coefficient (Wildman–Crippen LogP) is 2.54. The number of oxazole rings is 1. The topological polar surface area (TPSA) is 49.5 Å². The maximum atomic E-state index is 9.30. The highest BCUT2D eigenvalue weighted by Crippen LogP contribution is 2.28. The summed E-state index contributed by atoms with van der Waals surface area (Å²) < 4.78 is 5.54. The summed E-state index contributed by atoms with van der Waals surface area (Å²) in [4.78, 5) is 6.77. The first-order chi connectivity index (χ1) is 9.70. The first kappa shape index (κ1) is 13.3. The van der Waals surface area contributed by atoms with Crippen LogP contribution in [-0.2, 0) is 6.54 Å². The third kappa shape index (κ3) is 3.08. The Morgan fingerprint density at radius 2 is 2.05 bits per heavy atom. The largest absolute Gasteiger partial charge is 0.444 e. The van der Waals surface area contributed by atoms with Gasteiger partial charge in [-0.1, -0.05) is 18.2 Å². The number of aromatic nitrogens is 1. The molecule has 1 aliphatic carbocycles. The highest BCUT2D eigenvalue weighted by atomic mass is 16.3. The van der Waals surface area contributed by atoms with Gasteiger partial charge < -0.3 is 14.4 Å². The van der Waals surface area contributed by atoms with E-state index < -0.39 is 0 Å². The monoisotopic (exact) mass is 272 g/mol. The van der Waals surface area contributed by atoms with Crippen molar-refractivity contribution in [3.8, 4) is 11.5 Å². The fourth-order valence-electron chi connectivity index (χ4n) is 2.72. The lowest BCUT2D eigenvalue weighted by atomic mass is 9.82. The highest BCUT2D eigenvalue weighted by molar-refractivity contribution is 5.52. The van der Waals surface area contributed by atoms with Gasteiger partial charge in [-0.2, -0.15) is 0 Å². The zero-order valence-electron chi connectivity index (χ0n) is 11.7. The van der Waals surface area contributed by atoms with Gasteiger partial charge in [-0.25, -0.2) is 4.98 Å². The van der Waals surface area contributed by atoms with Gasteiger partial charge in [-0.3, -0.25) is 0 Å². The molecular weight excluding hydrogens is 252 g/mol. The summed E-state index contributed by atoms with van der Waals surface area (Å²) in [5.41, 5.74) is 1.95. The number of nitrogens with zero attached hydrogens (tertiary/aromatic N) is 2. The van der Waals surface area contributed by atoms with Crippen molar-refractivity contribution in [3.63, 3.8) is 0 Å². The third-order valence-corrected chi connectivity index (χ3v) is 3.79. The predicted molar refractivity (Wildman–Crippen MR) is 77.0 cm³/mol. The minimum absolute atomic E-state index is 0.0786. The van der Waals surface area contributed by atoms with E-state index >= 15 is 0 Å². The number of aliphatic hydroxyl groups is 1. The van der Waals surface area contributed by atoms with Gasteiger partial charge in [0.25, 0.3) is 0 Å². The minimum Gasteiger partial charge on any atom is -0.444 e. The van der Waals surface area contributed by atoms with Crippen LogP contribution in [0.1, 0.15) is 18.5 Å². The molecule has 20 heavy (non-hydrogen) atoms. The molecule has 0 saturated heterocycles. The van der Waals surface area contributed by atoms with E-state index in [1.54, 1.807) is 6.26 Å². The van der Waals surface area contributed by atoms with Crippen LogP contribution in [0.3, 0.4) is 0 Å². The van der Waals surface area contributed by atoms with E-state index in [9.17, 15) is 5.11 Å². The lowest BCUT2D eigenvalue weighted by Crippen LogP contribution is -2.36. The zero-order valence-corrected chi connectivity index (χ0v) is 11.7. The van der Waals surface area contributed by atoms with Gasteiger partial charge in [0.2, 0.25) is 5.89 Å². The Labute approximate surface area is 119 Å². The van der Waals surface area contributed by atoms with Crippen LogP contribution in [0.25, 0.3) is 11.5 Å². The molecule has 4 heteroatoms. The van der Waals surface area contributed by atoms with E-state index in [1.807, 2.05) is 30.3 Å². The molecule has 0 radical (unpaired) electrons. The summed E-state index contributed by atoms with van der Waals surface area (Å²) >= 11 is 0. The molecule has 1 fully saturated rings. The fourth-order valence-corrected chi connectivity index (χ4v) is 2.72. The second-order valence-electron chi connectivity index (χ2n) is 5.70. The van der Waals surface area contributed by atoms with E-state index in [1.165, 1.54) is 0 Å². The van der Waals surface area contributed by atoms with Crippen LogP contribution in [0.5, 0.6) is 0 Å². The van der Waals surface area contributed by atoms with E-state index in [2.05, 4.69) is 16.9 Å². The van der Waals surface area contributed by atoms with E-state index in [4.69, 9.17) is 4.42 Å². The van der Waals surface area contributed by atoms with E-state index in [0.29, 0.717) is 11.8 Å². The van der Waals surface area contributed by atoms with Crippen molar-refractivity contribution < 1.29 is 9.52 Å². The summed E-state index contributed by atoms with van der Waals surface area (Å²) in [6.45, 7) is 1.79. The van der Waals surface area contributed by atoms with Crippen LogP contribution in [-0.4, -0.2) is 34.7 Å². The van der Waals surface area contributed by atoms with Gasteiger partial charge >= 0.3 is 0 Å². The Balaban J connectivity index is 1.57. The molecule has 1 aromatic carbocycles. The first-order valence-electron chi connectivity index (χ1n) is 7.07. The second-order valence-corrected chi connectivity index (χ2v) is 5.70. The summed E-state index contributed by atoms with van der Waals surface area (Å²) in [6.07, 6.45) is 3.51. The van der Waals surface area contributed by atoms with Crippen molar-refractivity contribution in [3.05, 3.63) is 42.3 Å². The quantitative estimate of drug-likeness (QED) is 0.908. The fraction of sp³-hybridized carbons (Fsp3) is 0.438. The Hall–Kier alpha value is -1.65. The lowest BCUT2D eigenvalue weighted by molar-refractivity contribution is 0.0272. The molecule has 106 valence electrons. The second kappa shape index (κ2) is 5.77. The molecule has 0 bridgehead atoms. The SMILES string of the molecule is CN(Cc1coc(-c2ccccc2)n1)CC1CC(O)C1. The average Bonchev–Trinajstić information content (AvgIpc) is 2.86. The van der Waals surface area contributed by atoms with Gasteiger partial charge in [-0.05, 0) is 37.9 Å². The van der Waals surface area contributed by atoms with Gasteiger partial charge in [-0.15, -0.1) is 0 Å². The zero-order chi connectivity index (χ0) is 13.9. The molecule has 0 aliphatic heterocycles.